The molecule has 2 atom stereocenters. The lowest BCUT2D eigenvalue weighted by Gasteiger charge is -2.14. The Balaban J connectivity index is 1.83. The molecule has 4 heteroatoms. The Morgan fingerprint density at radius 3 is 2.48 bits per heavy atom. The number of benzene rings is 1. The fourth-order valence-electron chi connectivity index (χ4n) is 2.37. The van der Waals surface area contributed by atoms with E-state index in [9.17, 15) is 4.79 Å². The molecular weight excluding hydrogens is 262 g/mol. The molecular formula is C17H27N3O. The highest BCUT2D eigenvalue weighted by molar-refractivity contribution is 5.89. The van der Waals surface area contributed by atoms with Crippen molar-refractivity contribution >= 4 is 11.7 Å². The number of nitrogens with one attached hydrogen (secondary N) is 3. The van der Waals surface area contributed by atoms with E-state index in [4.69, 9.17) is 0 Å². The number of urea groups is 1. The number of amides is 2. The van der Waals surface area contributed by atoms with E-state index < -0.39 is 0 Å². The molecule has 1 aromatic rings. The third-order valence-electron chi connectivity index (χ3n) is 4.19. The minimum Gasteiger partial charge on any atom is -0.335 e. The molecule has 0 aromatic heterocycles. The van der Waals surface area contributed by atoms with Crippen LogP contribution in [0.5, 0.6) is 0 Å². The molecule has 4 nitrogen and oxygen atoms in total. The monoisotopic (exact) mass is 289 g/mol. The van der Waals surface area contributed by atoms with Gasteiger partial charge in [-0.3, -0.25) is 0 Å². The largest absolute Gasteiger partial charge is 0.335 e. The van der Waals surface area contributed by atoms with Gasteiger partial charge in [0.1, 0.15) is 0 Å². The van der Waals surface area contributed by atoms with E-state index in [1.54, 1.807) is 0 Å². The van der Waals surface area contributed by atoms with Crippen molar-refractivity contribution in [3.63, 3.8) is 0 Å². The first-order valence-corrected chi connectivity index (χ1v) is 7.83. The lowest BCUT2D eigenvalue weighted by molar-refractivity contribution is 0.250. The summed E-state index contributed by atoms with van der Waals surface area (Å²) < 4.78 is 0. The SMILES string of the molecule is CCCNC(C)c1ccc(NC(=O)NC2CC2(C)C)cc1. The zero-order valence-corrected chi connectivity index (χ0v) is 13.5. The zero-order chi connectivity index (χ0) is 15.5. The number of anilines is 1. The molecule has 0 bridgehead atoms. The predicted octanol–water partition coefficient (Wildman–Crippen LogP) is 3.67. The van der Waals surface area contributed by atoms with E-state index >= 15 is 0 Å². The molecule has 116 valence electrons. The molecule has 0 aliphatic heterocycles. The van der Waals surface area contributed by atoms with Crippen molar-refractivity contribution in [2.24, 2.45) is 5.41 Å². The number of hydrogen-bond donors (Lipinski definition) is 3. The number of hydrogen-bond acceptors (Lipinski definition) is 2. The van der Waals surface area contributed by atoms with E-state index in [-0.39, 0.29) is 11.4 Å². The Morgan fingerprint density at radius 2 is 1.95 bits per heavy atom. The minimum absolute atomic E-state index is 0.115. The first-order chi connectivity index (χ1) is 9.92. The third-order valence-corrected chi connectivity index (χ3v) is 4.19. The van der Waals surface area contributed by atoms with Crippen molar-refractivity contribution in [3.8, 4) is 0 Å². The lowest BCUT2D eigenvalue weighted by atomic mass is 10.1. The zero-order valence-electron chi connectivity index (χ0n) is 13.5. The van der Waals surface area contributed by atoms with Crippen molar-refractivity contribution in [3.05, 3.63) is 29.8 Å². The summed E-state index contributed by atoms with van der Waals surface area (Å²) in [6, 6.07) is 8.55. The van der Waals surface area contributed by atoms with Gasteiger partial charge in [0.25, 0.3) is 0 Å². The molecule has 0 radical (unpaired) electrons. The third kappa shape index (κ3) is 4.46. The van der Waals surface area contributed by atoms with Crippen LogP contribution in [-0.4, -0.2) is 18.6 Å². The van der Waals surface area contributed by atoms with Gasteiger partial charge >= 0.3 is 6.03 Å². The van der Waals surface area contributed by atoms with Crippen LogP contribution >= 0.6 is 0 Å². The molecule has 0 heterocycles. The van der Waals surface area contributed by atoms with Crippen LogP contribution in [0.3, 0.4) is 0 Å². The number of carbonyl (C=O) groups is 1. The van der Waals surface area contributed by atoms with Crippen molar-refractivity contribution in [2.45, 2.75) is 52.6 Å². The maximum Gasteiger partial charge on any atom is 0.319 e. The quantitative estimate of drug-likeness (QED) is 0.748. The molecule has 21 heavy (non-hydrogen) atoms. The highest BCUT2D eigenvalue weighted by Crippen LogP contribution is 2.44. The van der Waals surface area contributed by atoms with Gasteiger partial charge in [0, 0.05) is 17.8 Å². The summed E-state index contributed by atoms with van der Waals surface area (Å²) >= 11 is 0. The molecule has 0 saturated heterocycles. The normalized spacial score (nSPS) is 20.7. The second-order valence-corrected chi connectivity index (χ2v) is 6.64. The second-order valence-electron chi connectivity index (χ2n) is 6.64. The Hall–Kier alpha value is -1.55. The van der Waals surface area contributed by atoms with Crippen LogP contribution in [-0.2, 0) is 0 Å². The van der Waals surface area contributed by atoms with Gasteiger partial charge in [0.05, 0.1) is 0 Å². The average Bonchev–Trinajstić information content (AvgIpc) is 3.03. The predicted molar refractivity (Wildman–Crippen MR) is 87.5 cm³/mol. The molecule has 2 unspecified atom stereocenters. The maximum absolute atomic E-state index is 11.9. The summed E-state index contributed by atoms with van der Waals surface area (Å²) in [5.74, 6) is 0. The van der Waals surface area contributed by atoms with Gasteiger partial charge in [0.15, 0.2) is 0 Å². The van der Waals surface area contributed by atoms with Crippen molar-refractivity contribution in [2.75, 3.05) is 11.9 Å². The van der Waals surface area contributed by atoms with Gasteiger partial charge in [-0.1, -0.05) is 32.9 Å². The Kier molecular flexibility index (Phi) is 4.88. The fourth-order valence-corrected chi connectivity index (χ4v) is 2.37. The van der Waals surface area contributed by atoms with Gasteiger partial charge in [0.2, 0.25) is 0 Å². The Bertz CT molecular complexity index is 481. The molecule has 0 spiro atoms. The molecule has 1 aliphatic rings. The molecule has 2 rings (SSSR count). The standard InChI is InChI=1S/C17H27N3O/c1-5-10-18-12(2)13-6-8-14(9-7-13)19-16(21)20-15-11-17(15,3)4/h6-9,12,15,18H,5,10-11H2,1-4H3,(H2,19,20,21). The first kappa shape index (κ1) is 15.8. The lowest BCUT2D eigenvalue weighted by Crippen LogP contribution is -2.32. The fraction of sp³-hybridized carbons (Fsp3) is 0.588. The summed E-state index contributed by atoms with van der Waals surface area (Å²) in [6.45, 7) is 9.65. The van der Waals surface area contributed by atoms with E-state index in [0.717, 1.165) is 25.1 Å². The second kappa shape index (κ2) is 6.48. The van der Waals surface area contributed by atoms with Crippen molar-refractivity contribution in [1.82, 2.24) is 10.6 Å². The molecule has 3 N–H and O–H groups in total. The van der Waals surface area contributed by atoms with Crippen LogP contribution in [0.25, 0.3) is 0 Å². The van der Waals surface area contributed by atoms with Gasteiger partial charge in [-0.05, 0) is 49.4 Å². The van der Waals surface area contributed by atoms with Gasteiger partial charge in [-0.2, -0.15) is 0 Å². The van der Waals surface area contributed by atoms with E-state index in [0.29, 0.717) is 12.1 Å². The molecule has 1 fully saturated rings. The summed E-state index contributed by atoms with van der Waals surface area (Å²) in [5, 5.41) is 9.34. The molecule has 1 aromatic carbocycles. The van der Waals surface area contributed by atoms with Crippen LogP contribution in [0.4, 0.5) is 10.5 Å². The van der Waals surface area contributed by atoms with Crippen LogP contribution in [0.15, 0.2) is 24.3 Å². The van der Waals surface area contributed by atoms with E-state index in [1.807, 2.05) is 12.1 Å². The van der Waals surface area contributed by atoms with Gasteiger partial charge in [-0.15, -0.1) is 0 Å². The summed E-state index contributed by atoms with van der Waals surface area (Å²) in [7, 11) is 0. The highest BCUT2D eigenvalue weighted by Gasteiger charge is 2.46. The van der Waals surface area contributed by atoms with Gasteiger partial charge in [-0.25, -0.2) is 4.79 Å². The van der Waals surface area contributed by atoms with Gasteiger partial charge < -0.3 is 16.0 Å². The van der Waals surface area contributed by atoms with Crippen LogP contribution < -0.4 is 16.0 Å². The van der Waals surface area contributed by atoms with Crippen molar-refractivity contribution < 1.29 is 4.79 Å². The van der Waals surface area contributed by atoms with Crippen LogP contribution in [0.2, 0.25) is 0 Å². The molecule has 1 aliphatic carbocycles. The van der Waals surface area contributed by atoms with E-state index in [1.165, 1.54) is 5.56 Å². The first-order valence-electron chi connectivity index (χ1n) is 7.83. The Labute approximate surface area is 127 Å². The average molecular weight is 289 g/mol. The smallest absolute Gasteiger partial charge is 0.319 e. The van der Waals surface area contributed by atoms with E-state index in [2.05, 4.69) is 55.8 Å². The number of rotatable bonds is 6. The summed E-state index contributed by atoms with van der Waals surface area (Å²) in [5.41, 5.74) is 2.32. The van der Waals surface area contributed by atoms with Crippen LogP contribution in [0.1, 0.15) is 52.1 Å². The van der Waals surface area contributed by atoms with Crippen molar-refractivity contribution in [1.29, 1.82) is 0 Å². The summed E-state index contributed by atoms with van der Waals surface area (Å²) in [6.07, 6.45) is 2.18. The number of carbonyl (C=O) groups excluding carboxylic acids is 1. The highest BCUT2D eigenvalue weighted by atomic mass is 16.2. The maximum atomic E-state index is 11.9. The van der Waals surface area contributed by atoms with Crippen LogP contribution in [0, 0.1) is 5.41 Å². The Morgan fingerprint density at radius 1 is 1.33 bits per heavy atom. The minimum atomic E-state index is -0.115. The molecule has 1 saturated carbocycles. The topological polar surface area (TPSA) is 53.2 Å². The molecule has 2 amide bonds. The summed E-state index contributed by atoms with van der Waals surface area (Å²) in [4.78, 5) is 11.9.